The lowest BCUT2D eigenvalue weighted by Gasteiger charge is -2.30. The van der Waals surface area contributed by atoms with Crippen molar-refractivity contribution in [3.8, 4) is 0 Å². The van der Waals surface area contributed by atoms with Gasteiger partial charge in [0.1, 0.15) is 15.6 Å². The predicted molar refractivity (Wildman–Crippen MR) is 80.8 cm³/mol. The second kappa shape index (κ2) is 6.04. The molecule has 7 nitrogen and oxygen atoms in total. The number of amides is 1. The van der Waals surface area contributed by atoms with Crippen molar-refractivity contribution in [1.29, 1.82) is 0 Å². The highest BCUT2D eigenvalue weighted by Crippen LogP contribution is 2.24. The van der Waals surface area contributed by atoms with Crippen molar-refractivity contribution in [2.75, 3.05) is 13.1 Å². The van der Waals surface area contributed by atoms with Gasteiger partial charge < -0.3 is 11.5 Å². The molecule has 21 heavy (non-hydrogen) atoms. The first-order valence-corrected chi connectivity index (χ1v) is 8.23. The zero-order chi connectivity index (χ0) is 15.6. The number of sulfonamides is 1. The summed E-state index contributed by atoms with van der Waals surface area (Å²) in [6, 6.07) is 2.95. The fraction of sp³-hybridized carbons (Fsp3) is 0.417. The van der Waals surface area contributed by atoms with E-state index in [2.05, 4.69) is 4.98 Å². The van der Waals surface area contributed by atoms with E-state index in [1.807, 2.05) is 0 Å². The molecule has 4 N–H and O–H groups in total. The van der Waals surface area contributed by atoms with Crippen LogP contribution in [0, 0.1) is 5.92 Å². The van der Waals surface area contributed by atoms with Gasteiger partial charge in [0.2, 0.25) is 15.9 Å². The number of pyridine rings is 1. The van der Waals surface area contributed by atoms with E-state index in [-0.39, 0.29) is 34.6 Å². The summed E-state index contributed by atoms with van der Waals surface area (Å²) in [6.45, 7) is 0.475. The summed E-state index contributed by atoms with van der Waals surface area (Å²) in [5.74, 6) is -0.669. The molecule has 0 radical (unpaired) electrons. The topological polar surface area (TPSA) is 119 Å². The molecule has 0 saturated carbocycles. The monoisotopic (exact) mass is 328 g/mol. The summed E-state index contributed by atoms with van der Waals surface area (Å²) in [5.41, 5.74) is 10.9. The van der Waals surface area contributed by atoms with Crippen molar-refractivity contribution >= 4 is 33.1 Å². The number of aromatic nitrogens is 1. The Morgan fingerprint density at radius 2 is 1.95 bits per heavy atom. The molecule has 0 atom stereocenters. The van der Waals surface area contributed by atoms with Gasteiger partial charge in [0.15, 0.2) is 0 Å². The van der Waals surface area contributed by atoms with Gasteiger partial charge >= 0.3 is 0 Å². The Labute approximate surface area is 128 Å². The second-order valence-electron chi connectivity index (χ2n) is 4.80. The van der Waals surface area contributed by atoms with Crippen LogP contribution >= 0.6 is 12.2 Å². The SMILES string of the molecule is NC(=O)C1CCN(S(=O)(=O)c2cccnc2C(N)=S)CC1. The molecule has 1 fully saturated rings. The van der Waals surface area contributed by atoms with Gasteiger partial charge in [0.05, 0.1) is 0 Å². The molecule has 1 aromatic heterocycles. The van der Waals surface area contributed by atoms with Gasteiger partial charge in [-0.2, -0.15) is 4.31 Å². The predicted octanol–water partition coefficient (Wildman–Crippen LogP) is -0.398. The summed E-state index contributed by atoms with van der Waals surface area (Å²) in [5, 5.41) is 0. The Balaban J connectivity index is 2.28. The van der Waals surface area contributed by atoms with Crippen LogP contribution in [0.1, 0.15) is 18.5 Å². The van der Waals surface area contributed by atoms with Crippen LogP contribution < -0.4 is 11.5 Å². The number of hydrogen-bond donors (Lipinski definition) is 2. The van der Waals surface area contributed by atoms with Crippen LogP contribution in [0.3, 0.4) is 0 Å². The lowest BCUT2D eigenvalue weighted by Crippen LogP contribution is -2.42. The number of rotatable bonds is 4. The van der Waals surface area contributed by atoms with Crippen LogP contribution in [-0.4, -0.2) is 41.7 Å². The maximum Gasteiger partial charge on any atom is 0.245 e. The molecular weight excluding hydrogens is 312 g/mol. The smallest absolute Gasteiger partial charge is 0.245 e. The van der Waals surface area contributed by atoms with E-state index >= 15 is 0 Å². The Kier molecular flexibility index (Phi) is 4.55. The van der Waals surface area contributed by atoms with Crippen molar-refractivity contribution in [2.24, 2.45) is 17.4 Å². The molecule has 1 aliphatic heterocycles. The highest BCUT2D eigenvalue weighted by atomic mass is 32.2. The number of nitrogens with two attached hydrogens (primary N) is 2. The zero-order valence-electron chi connectivity index (χ0n) is 11.2. The third kappa shape index (κ3) is 3.20. The van der Waals surface area contributed by atoms with Gasteiger partial charge in [-0.3, -0.25) is 9.78 Å². The lowest BCUT2D eigenvalue weighted by atomic mass is 9.98. The van der Waals surface area contributed by atoms with E-state index in [0.717, 1.165) is 0 Å². The molecule has 0 aliphatic carbocycles. The van der Waals surface area contributed by atoms with Crippen molar-refractivity contribution in [3.63, 3.8) is 0 Å². The van der Waals surface area contributed by atoms with Crippen LogP contribution in [-0.2, 0) is 14.8 Å². The third-order valence-corrected chi connectivity index (χ3v) is 5.60. The number of thiocarbonyl (C=S) groups is 1. The number of hydrogen-bond acceptors (Lipinski definition) is 5. The van der Waals surface area contributed by atoms with Crippen LogP contribution in [0.25, 0.3) is 0 Å². The van der Waals surface area contributed by atoms with Crippen molar-refractivity contribution in [2.45, 2.75) is 17.7 Å². The summed E-state index contributed by atoms with van der Waals surface area (Å²) >= 11 is 4.84. The van der Waals surface area contributed by atoms with E-state index in [1.165, 1.54) is 22.6 Å². The molecule has 1 amide bonds. The molecule has 114 valence electrons. The Morgan fingerprint density at radius 1 is 1.33 bits per heavy atom. The van der Waals surface area contributed by atoms with E-state index < -0.39 is 15.9 Å². The number of carbonyl (C=O) groups excluding carboxylic acids is 1. The van der Waals surface area contributed by atoms with Crippen LogP contribution in [0.2, 0.25) is 0 Å². The molecule has 0 aromatic carbocycles. The van der Waals surface area contributed by atoms with E-state index in [9.17, 15) is 13.2 Å². The van der Waals surface area contributed by atoms with Crippen molar-refractivity contribution in [3.05, 3.63) is 24.0 Å². The molecule has 1 aromatic rings. The maximum atomic E-state index is 12.6. The average Bonchev–Trinajstić information content (AvgIpc) is 2.47. The molecule has 1 aliphatic rings. The molecule has 1 saturated heterocycles. The van der Waals surface area contributed by atoms with Crippen molar-refractivity contribution < 1.29 is 13.2 Å². The minimum atomic E-state index is -3.74. The summed E-state index contributed by atoms with van der Waals surface area (Å²) in [4.78, 5) is 15.0. The highest BCUT2D eigenvalue weighted by Gasteiger charge is 2.33. The molecule has 2 rings (SSSR count). The molecule has 9 heteroatoms. The van der Waals surface area contributed by atoms with Gasteiger partial charge in [-0.25, -0.2) is 8.42 Å². The molecular formula is C12H16N4O3S2. The highest BCUT2D eigenvalue weighted by molar-refractivity contribution is 7.89. The second-order valence-corrected chi connectivity index (χ2v) is 7.14. The maximum absolute atomic E-state index is 12.6. The lowest BCUT2D eigenvalue weighted by molar-refractivity contribution is -0.122. The minimum Gasteiger partial charge on any atom is -0.388 e. The number of primary amides is 1. The quantitative estimate of drug-likeness (QED) is 0.726. The molecule has 2 heterocycles. The Bertz CT molecular complexity index is 667. The van der Waals surface area contributed by atoms with E-state index in [4.69, 9.17) is 23.7 Å². The van der Waals surface area contributed by atoms with E-state index in [1.54, 1.807) is 0 Å². The Hall–Kier alpha value is -1.58. The third-order valence-electron chi connectivity index (χ3n) is 3.48. The number of nitrogens with zero attached hydrogens (tertiary/aromatic N) is 2. The minimum absolute atomic E-state index is 0.00461. The number of carbonyl (C=O) groups is 1. The first-order chi connectivity index (χ1) is 9.84. The fourth-order valence-corrected chi connectivity index (χ4v) is 4.16. The first kappa shape index (κ1) is 15.8. The Morgan fingerprint density at radius 3 is 2.48 bits per heavy atom. The normalized spacial score (nSPS) is 17.5. The average molecular weight is 328 g/mol. The largest absolute Gasteiger partial charge is 0.388 e. The van der Waals surface area contributed by atoms with Crippen LogP contribution in [0.15, 0.2) is 23.2 Å². The fourth-order valence-electron chi connectivity index (χ4n) is 2.30. The van der Waals surface area contributed by atoms with Crippen LogP contribution in [0.4, 0.5) is 0 Å². The van der Waals surface area contributed by atoms with Gasteiger partial charge in [-0.05, 0) is 25.0 Å². The van der Waals surface area contributed by atoms with Crippen molar-refractivity contribution in [1.82, 2.24) is 9.29 Å². The summed E-state index contributed by atoms with van der Waals surface area (Å²) in [7, 11) is -3.74. The van der Waals surface area contributed by atoms with Gasteiger partial charge in [0.25, 0.3) is 0 Å². The van der Waals surface area contributed by atoms with E-state index in [0.29, 0.717) is 12.8 Å². The van der Waals surface area contributed by atoms with Crippen LogP contribution in [0.5, 0.6) is 0 Å². The zero-order valence-corrected chi connectivity index (χ0v) is 12.9. The van der Waals surface area contributed by atoms with Gasteiger partial charge in [-0.1, -0.05) is 12.2 Å². The number of piperidine rings is 1. The molecule has 0 spiro atoms. The van der Waals surface area contributed by atoms with Gasteiger partial charge in [-0.15, -0.1) is 0 Å². The summed E-state index contributed by atoms with van der Waals surface area (Å²) < 4.78 is 26.6. The standard InChI is InChI=1S/C12H16N4O3S2/c13-11(17)8-3-6-16(7-4-8)21(18,19)9-2-1-5-15-10(9)12(14)20/h1-2,5,8H,3-4,6-7H2,(H2,13,17)(H2,14,20). The summed E-state index contributed by atoms with van der Waals surface area (Å²) in [6.07, 6.45) is 2.27. The molecule has 0 unspecified atom stereocenters. The first-order valence-electron chi connectivity index (χ1n) is 6.38. The van der Waals surface area contributed by atoms with Gasteiger partial charge in [0, 0.05) is 25.2 Å². The molecule has 0 bridgehead atoms.